The van der Waals surface area contributed by atoms with E-state index in [9.17, 15) is 4.79 Å². The molecule has 0 N–H and O–H groups in total. The van der Waals surface area contributed by atoms with Crippen molar-refractivity contribution in [2.75, 3.05) is 32.8 Å². The van der Waals surface area contributed by atoms with E-state index in [0.29, 0.717) is 44.4 Å². The van der Waals surface area contributed by atoms with Crippen LogP contribution in [-0.2, 0) is 11.3 Å². The molecule has 1 aliphatic rings. The number of hydrogen-bond acceptors (Lipinski definition) is 7. The number of rotatable bonds is 7. The number of ether oxygens (including phenoxy) is 1. The van der Waals surface area contributed by atoms with E-state index < -0.39 is 0 Å². The Bertz CT molecular complexity index is 874. The van der Waals surface area contributed by atoms with Gasteiger partial charge >= 0.3 is 0 Å². The van der Waals surface area contributed by atoms with E-state index in [1.54, 1.807) is 11.3 Å². The molecule has 0 atom stereocenters. The van der Waals surface area contributed by atoms with Crippen LogP contribution in [0.2, 0.25) is 0 Å². The molecule has 1 aliphatic heterocycles. The summed E-state index contributed by atoms with van der Waals surface area (Å²) in [5.74, 6) is 2.17. The molecule has 1 saturated heterocycles. The van der Waals surface area contributed by atoms with Gasteiger partial charge in [0.2, 0.25) is 17.6 Å². The van der Waals surface area contributed by atoms with Crippen LogP contribution in [0.3, 0.4) is 0 Å². The molecule has 28 heavy (non-hydrogen) atoms. The van der Waals surface area contributed by atoms with Crippen molar-refractivity contribution in [2.45, 2.75) is 13.0 Å². The maximum atomic E-state index is 12.4. The summed E-state index contributed by atoms with van der Waals surface area (Å²) in [5.41, 5.74) is 0. The number of thiophene rings is 1. The van der Waals surface area contributed by atoms with Gasteiger partial charge in [-0.3, -0.25) is 9.69 Å². The Morgan fingerprint density at radius 1 is 1.11 bits per heavy atom. The lowest BCUT2D eigenvalue weighted by atomic mass is 10.2. The summed E-state index contributed by atoms with van der Waals surface area (Å²) in [6.07, 6.45) is 0.392. The minimum Gasteiger partial charge on any atom is -0.493 e. The Hall–Kier alpha value is -2.71. The van der Waals surface area contributed by atoms with Crippen molar-refractivity contribution < 1.29 is 14.1 Å². The number of hydrogen-bond donors (Lipinski definition) is 0. The van der Waals surface area contributed by atoms with Gasteiger partial charge in [0.15, 0.2) is 0 Å². The van der Waals surface area contributed by atoms with E-state index in [0.717, 1.165) is 23.7 Å². The first-order valence-electron chi connectivity index (χ1n) is 9.32. The third-order valence-corrected chi connectivity index (χ3v) is 5.49. The highest BCUT2D eigenvalue weighted by atomic mass is 32.1. The van der Waals surface area contributed by atoms with Crippen molar-refractivity contribution in [3.63, 3.8) is 0 Å². The molecule has 7 nitrogen and oxygen atoms in total. The van der Waals surface area contributed by atoms with Gasteiger partial charge in [0, 0.05) is 26.2 Å². The van der Waals surface area contributed by atoms with Crippen molar-refractivity contribution >= 4 is 17.2 Å². The minimum atomic E-state index is 0.133. The van der Waals surface area contributed by atoms with Crippen LogP contribution in [0, 0.1) is 0 Å². The third-order valence-electron chi connectivity index (χ3n) is 4.62. The van der Waals surface area contributed by atoms with Crippen LogP contribution in [0.15, 0.2) is 52.4 Å². The van der Waals surface area contributed by atoms with Gasteiger partial charge in [-0.25, -0.2) is 0 Å². The van der Waals surface area contributed by atoms with E-state index in [2.05, 4.69) is 15.0 Å². The van der Waals surface area contributed by atoms with Gasteiger partial charge < -0.3 is 14.2 Å². The van der Waals surface area contributed by atoms with Crippen molar-refractivity contribution in [3.05, 3.63) is 53.7 Å². The van der Waals surface area contributed by atoms with Gasteiger partial charge in [-0.05, 0) is 23.6 Å². The number of carbonyl (C=O) groups excluding carboxylic acids is 1. The zero-order chi connectivity index (χ0) is 19.2. The first-order valence-corrected chi connectivity index (χ1v) is 10.2. The summed E-state index contributed by atoms with van der Waals surface area (Å²) in [4.78, 5) is 22.0. The summed E-state index contributed by atoms with van der Waals surface area (Å²) in [6.45, 7) is 4.00. The highest BCUT2D eigenvalue weighted by molar-refractivity contribution is 7.13. The second-order valence-corrected chi connectivity index (χ2v) is 7.51. The van der Waals surface area contributed by atoms with E-state index >= 15 is 0 Å². The molecule has 0 aliphatic carbocycles. The zero-order valence-electron chi connectivity index (χ0n) is 15.5. The number of benzene rings is 1. The molecule has 0 spiro atoms. The van der Waals surface area contributed by atoms with Crippen LogP contribution >= 0.6 is 11.3 Å². The van der Waals surface area contributed by atoms with E-state index in [-0.39, 0.29) is 5.91 Å². The Kier molecular flexibility index (Phi) is 5.98. The second kappa shape index (κ2) is 8.99. The molecule has 1 amide bonds. The minimum absolute atomic E-state index is 0.133. The summed E-state index contributed by atoms with van der Waals surface area (Å²) >= 11 is 1.59. The second-order valence-electron chi connectivity index (χ2n) is 6.56. The molecule has 3 aromatic rings. The predicted molar refractivity (Wildman–Crippen MR) is 106 cm³/mol. The number of carbonyl (C=O) groups is 1. The van der Waals surface area contributed by atoms with Crippen molar-refractivity contribution in [1.29, 1.82) is 0 Å². The monoisotopic (exact) mass is 398 g/mol. The SMILES string of the molecule is O=C(CCOc1ccccc1)N1CCN(Cc2nc(-c3cccs3)no2)CC1. The maximum absolute atomic E-state index is 12.4. The number of nitrogens with zero attached hydrogens (tertiary/aromatic N) is 4. The molecule has 4 rings (SSSR count). The lowest BCUT2D eigenvalue weighted by Gasteiger charge is -2.34. The van der Waals surface area contributed by atoms with Crippen molar-refractivity contribution in [3.8, 4) is 16.5 Å². The van der Waals surface area contributed by atoms with E-state index in [4.69, 9.17) is 9.26 Å². The van der Waals surface area contributed by atoms with Crippen molar-refractivity contribution in [1.82, 2.24) is 19.9 Å². The highest BCUT2D eigenvalue weighted by Crippen LogP contribution is 2.21. The average Bonchev–Trinajstić information content (AvgIpc) is 3.41. The fraction of sp³-hybridized carbons (Fsp3) is 0.350. The van der Waals surface area contributed by atoms with Crippen LogP contribution in [-0.4, -0.2) is 58.6 Å². The van der Waals surface area contributed by atoms with Crippen molar-refractivity contribution in [2.24, 2.45) is 0 Å². The molecule has 0 unspecified atom stereocenters. The normalized spacial score (nSPS) is 14.9. The smallest absolute Gasteiger partial charge is 0.241 e. The molecule has 146 valence electrons. The largest absolute Gasteiger partial charge is 0.493 e. The molecule has 1 fully saturated rings. The third kappa shape index (κ3) is 4.76. The summed E-state index contributed by atoms with van der Waals surface area (Å²) < 4.78 is 11.0. The lowest BCUT2D eigenvalue weighted by Crippen LogP contribution is -2.48. The summed E-state index contributed by atoms with van der Waals surface area (Å²) in [5, 5.41) is 6.04. The molecule has 0 radical (unpaired) electrons. The average molecular weight is 398 g/mol. The summed E-state index contributed by atoms with van der Waals surface area (Å²) in [7, 11) is 0. The van der Waals surface area contributed by atoms with E-state index in [1.165, 1.54) is 0 Å². The topological polar surface area (TPSA) is 71.7 Å². The Balaban J connectivity index is 1.19. The Labute approximate surface area is 167 Å². The molecule has 1 aromatic carbocycles. The van der Waals surface area contributed by atoms with Gasteiger partial charge in [0.05, 0.1) is 24.4 Å². The molecular weight excluding hydrogens is 376 g/mol. The number of piperazine rings is 1. The maximum Gasteiger partial charge on any atom is 0.241 e. The van der Waals surface area contributed by atoms with E-state index in [1.807, 2.05) is 52.7 Å². The molecule has 0 saturated carbocycles. The number of aromatic nitrogens is 2. The van der Waals surface area contributed by atoms with Crippen LogP contribution in [0.25, 0.3) is 10.7 Å². The zero-order valence-corrected chi connectivity index (χ0v) is 16.3. The predicted octanol–water partition coefficient (Wildman–Crippen LogP) is 2.91. The van der Waals surface area contributed by atoms with Crippen LogP contribution < -0.4 is 4.74 Å². The van der Waals surface area contributed by atoms with Gasteiger partial charge in [0.1, 0.15) is 5.75 Å². The standard InChI is InChI=1S/C20H22N4O3S/c25-19(8-13-26-16-5-2-1-3-6-16)24-11-9-23(10-12-24)15-18-21-20(22-27-18)17-7-4-14-28-17/h1-7,14H,8-13,15H2. The first kappa shape index (κ1) is 18.6. The van der Waals surface area contributed by atoms with Crippen LogP contribution in [0.5, 0.6) is 5.75 Å². The molecule has 8 heteroatoms. The Morgan fingerprint density at radius 3 is 2.68 bits per heavy atom. The van der Waals surface area contributed by atoms with Crippen LogP contribution in [0.4, 0.5) is 0 Å². The Morgan fingerprint density at radius 2 is 1.93 bits per heavy atom. The fourth-order valence-electron chi connectivity index (χ4n) is 3.10. The molecular formula is C20H22N4O3S. The highest BCUT2D eigenvalue weighted by Gasteiger charge is 2.22. The van der Waals surface area contributed by atoms with Gasteiger partial charge in [-0.1, -0.05) is 29.4 Å². The molecule has 2 aromatic heterocycles. The summed E-state index contributed by atoms with van der Waals surface area (Å²) in [6, 6.07) is 13.5. The first-order chi connectivity index (χ1) is 13.8. The van der Waals surface area contributed by atoms with Gasteiger partial charge in [-0.15, -0.1) is 11.3 Å². The number of para-hydroxylation sites is 1. The van der Waals surface area contributed by atoms with Gasteiger partial charge in [-0.2, -0.15) is 4.98 Å². The molecule has 0 bridgehead atoms. The number of amides is 1. The van der Waals surface area contributed by atoms with Gasteiger partial charge in [0.25, 0.3) is 0 Å². The quantitative estimate of drug-likeness (QED) is 0.609. The molecule has 3 heterocycles. The van der Waals surface area contributed by atoms with Crippen LogP contribution in [0.1, 0.15) is 12.3 Å². The fourth-order valence-corrected chi connectivity index (χ4v) is 3.75. The lowest BCUT2D eigenvalue weighted by molar-refractivity contribution is -0.133.